The molecule has 1 saturated carbocycles. The SMILES string of the molecule is C[C@@]12C(=O)N(c3ccccc3)C(=O)[C@@H]1C[C@@H]1C(=CC[C@@H]3C(=O)NC(=O)[C@@H]31)[C@@H]2c1c(O)ccc2ccccc12. The molecule has 0 unspecified atom stereocenters. The van der Waals surface area contributed by atoms with Gasteiger partial charge in [-0.1, -0.05) is 60.2 Å². The number of imide groups is 2. The summed E-state index contributed by atoms with van der Waals surface area (Å²) in [5.41, 5.74) is 0.758. The van der Waals surface area contributed by atoms with Crippen molar-refractivity contribution in [2.24, 2.45) is 29.1 Å². The standard InChI is InChI=1S/C31H26N2O5/c1-31-22(29(37)33(30(31)38)17-8-3-2-4-9-17)15-21-19(12-13-20-24(21)28(36)32-27(20)35)26(31)25-18-10-6-5-7-16(18)11-14-23(25)34/h2-12,14,20-22,24,26,34H,13,15H2,1H3,(H,32,35,36)/t20-,21+,22-,24-,26+,31+/m0/s1. The van der Waals surface area contributed by atoms with Crippen LogP contribution in [0.3, 0.4) is 0 Å². The molecule has 2 aliphatic heterocycles. The Labute approximate surface area is 219 Å². The number of phenolic OH excluding ortho intramolecular Hbond substituents is 1. The van der Waals surface area contributed by atoms with Gasteiger partial charge in [-0.3, -0.25) is 24.5 Å². The van der Waals surface area contributed by atoms with E-state index in [9.17, 15) is 24.3 Å². The molecule has 3 aromatic carbocycles. The number of nitrogens with one attached hydrogen (secondary N) is 1. The smallest absolute Gasteiger partial charge is 0.241 e. The highest BCUT2D eigenvalue weighted by Crippen LogP contribution is 2.64. The van der Waals surface area contributed by atoms with Gasteiger partial charge < -0.3 is 5.11 Å². The van der Waals surface area contributed by atoms with Crippen LogP contribution in [-0.2, 0) is 19.2 Å². The third-order valence-electron chi connectivity index (χ3n) is 9.37. The third-order valence-corrected chi connectivity index (χ3v) is 9.37. The van der Waals surface area contributed by atoms with Crippen LogP contribution >= 0.6 is 0 Å². The first-order valence-electron chi connectivity index (χ1n) is 13.0. The molecule has 7 rings (SSSR count). The van der Waals surface area contributed by atoms with Crippen molar-refractivity contribution in [3.8, 4) is 5.75 Å². The highest BCUT2D eigenvalue weighted by atomic mass is 16.3. The lowest BCUT2D eigenvalue weighted by Crippen LogP contribution is -2.48. The van der Waals surface area contributed by atoms with E-state index in [1.54, 1.807) is 30.3 Å². The number of amides is 4. The van der Waals surface area contributed by atoms with E-state index < -0.39 is 35.0 Å². The third kappa shape index (κ3) is 2.84. The topological polar surface area (TPSA) is 104 Å². The molecule has 7 heteroatoms. The molecule has 0 spiro atoms. The summed E-state index contributed by atoms with van der Waals surface area (Å²) in [7, 11) is 0. The highest BCUT2D eigenvalue weighted by Gasteiger charge is 2.67. The number of allylic oxidation sites excluding steroid dienone is 2. The quantitative estimate of drug-likeness (QED) is 0.403. The Morgan fingerprint density at radius 1 is 0.895 bits per heavy atom. The molecule has 2 heterocycles. The lowest BCUT2D eigenvalue weighted by Gasteiger charge is -2.49. The maximum absolute atomic E-state index is 14.4. The Morgan fingerprint density at radius 2 is 1.63 bits per heavy atom. The molecular weight excluding hydrogens is 480 g/mol. The molecule has 4 amide bonds. The number of rotatable bonds is 2. The number of nitrogens with zero attached hydrogens (tertiary/aromatic N) is 1. The molecule has 6 atom stereocenters. The number of carbonyl (C=O) groups excluding carboxylic acids is 4. The van der Waals surface area contributed by atoms with Gasteiger partial charge in [0.05, 0.1) is 28.9 Å². The number of aromatic hydroxyl groups is 1. The first-order valence-corrected chi connectivity index (χ1v) is 13.0. The van der Waals surface area contributed by atoms with Gasteiger partial charge in [0.15, 0.2) is 0 Å². The van der Waals surface area contributed by atoms with Crippen LogP contribution in [0.2, 0.25) is 0 Å². The molecule has 0 bridgehead atoms. The number of phenols is 1. The molecule has 3 fully saturated rings. The molecule has 0 aromatic heterocycles. The summed E-state index contributed by atoms with van der Waals surface area (Å²) >= 11 is 0. The maximum atomic E-state index is 14.4. The number of anilines is 1. The fourth-order valence-electron chi connectivity index (χ4n) is 7.64. The largest absolute Gasteiger partial charge is 0.508 e. The number of hydrogen-bond donors (Lipinski definition) is 2. The van der Waals surface area contributed by atoms with Gasteiger partial charge in [0.2, 0.25) is 23.6 Å². The number of carbonyl (C=O) groups is 4. The Balaban J connectivity index is 1.49. The van der Waals surface area contributed by atoms with Crippen LogP contribution in [0.15, 0.2) is 78.4 Å². The van der Waals surface area contributed by atoms with Gasteiger partial charge in [-0.05, 0) is 54.7 Å². The van der Waals surface area contributed by atoms with Gasteiger partial charge in [0, 0.05) is 11.5 Å². The minimum Gasteiger partial charge on any atom is -0.508 e. The summed E-state index contributed by atoms with van der Waals surface area (Å²) in [6.45, 7) is 1.83. The maximum Gasteiger partial charge on any atom is 0.241 e. The van der Waals surface area contributed by atoms with Gasteiger partial charge >= 0.3 is 0 Å². The lowest BCUT2D eigenvalue weighted by molar-refractivity contribution is -0.131. The van der Waals surface area contributed by atoms with Crippen LogP contribution < -0.4 is 10.2 Å². The number of para-hydroxylation sites is 1. The fraction of sp³-hybridized carbons (Fsp3) is 0.290. The molecule has 2 saturated heterocycles. The van der Waals surface area contributed by atoms with Crippen molar-refractivity contribution in [2.75, 3.05) is 4.90 Å². The lowest BCUT2D eigenvalue weighted by atomic mass is 9.51. The van der Waals surface area contributed by atoms with Crippen LogP contribution in [-0.4, -0.2) is 28.7 Å². The Morgan fingerprint density at radius 3 is 2.42 bits per heavy atom. The molecule has 0 radical (unpaired) electrons. The zero-order valence-corrected chi connectivity index (χ0v) is 20.8. The van der Waals surface area contributed by atoms with Crippen molar-refractivity contribution in [3.63, 3.8) is 0 Å². The van der Waals surface area contributed by atoms with Crippen LogP contribution in [0.1, 0.15) is 31.2 Å². The van der Waals surface area contributed by atoms with Crippen LogP contribution in [0.5, 0.6) is 5.75 Å². The monoisotopic (exact) mass is 506 g/mol. The van der Waals surface area contributed by atoms with Crippen molar-refractivity contribution < 1.29 is 24.3 Å². The normalized spacial score (nSPS) is 32.1. The van der Waals surface area contributed by atoms with E-state index in [1.165, 1.54) is 4.90 Å². The van der Waals surface area contributed by atoms with Crippen LogP contribution in [0, 0.1) is 29.1 Å². The molecule has 3 aromatic rings. The van der Waals surface area contributed by atoms with E-state index in [4.69, 9.17) is 0 Å². The van der Waals surface area contributed by atoms with Crippen molar-refractivity contribution in [1.29, 1.82) is 0 Å². The first-order chi connectivity index (χ1) is 18.3. The van der Waals surface area contributed by atoms with Crippen molar-refractivity contribution in [3.05, 3.63) is 83.9 Å². The zero-order valence-electron chi connectivity index (χ0n) is 20.8. The minimum atomic E-state index is -1.19. The Kier molecular flexibility index (Phi) is 4.74. The fourth-order valence-corrected chi connectivity index (χ4v) is 7.64. The van der Waals surface area contributed by atoms with Crippen LogP contribution in [0.25, 0.3) is 10.8 Å². The summed E-state index contributed by atoms with van der Waals surface area (Å²) in [6.07, 6.45) is 2.65. The van der Waals surface area contributed by atoms with Gasteiger partial charge in [0.25, 0.3) is 0 Å². The molecule has 190 valence electrons. The van der Waals surface area contributed by atoms with E-state index in [0.717, 1.165) is 16.3 Å². The van der Waals surface area contributed by atoms with Gasteiger partial charge in [-0.25, -0.2) is 4.90 Å². The van der Waals surface area contributed by atoms with E-state index in [0.29, 0.717) is 24.1 Å². The summed E-state index contributed by atoms with van der Waals surface area (Å²) in [4.78, 5) is 55.3. The van der Waals surface area contributed by atoms with E-state index >= 15 is 0 Å². The average molecular weight is 507 g/mol. The number of hydrogen-bond acceptors (Lipinski definition) is 5. The molecule has 7 nitrogen and oxygen atoms in total. The Hall–Kier alpha value is -4.26. The van der Waals surface area contributed by atoms with Crippen molar-refractivity contribution in [1.82, 2.24) is 5.32 Å². The molecule has 4 aliphatic rings. The number of benzene rings is 3. The number of fused-ring (bicyclic) bond motifs is 5. The summed E-state index contributed by atoms with van der Waals surface area (Å²) in [6, 6.07) is 20.0. The Bertz CT molecular complexity index is 1590. The highest BCUT2D eigenvalue weighted by molar-refractivity contribution is 6.24. The first kappa shape index (κ1) is 22.9. The predicted octanol–water partition coefficient (Wildman–Crippen LogP) is 4.06. The average Bonchev–Trinajstić information content (AvgIpc) is 3.32. The second-order valence-electron chi connectivity index (χ2n) is 11.1. The predicted molar refractivity (Wildman–Crippen MR) is 140 cm³/mol. The summed E-state index contributed by atoms with van der Waals surface area (Å²) < 4.78 is 0. The van der Waals surface area contributed by atoms with Crippen LogP contribution in [0.4, 0.5) is 5.69 Å². The van der Waals surface area contributed by atoms with E-state index in [-0.39, 0.29) is 29.4 Å². The van der Waals surface area contributed by atoms with E-state index in [2.05, 4.69) is 5.32 Å². The van der Waals surface area contributed by atoms with E-state index in [1.807, 2.05) is 49.4 Å². The van der Waals surface area contributed by atoms with Crippen molar-refractivity contribution >= 4 is 40.1 Å². The van der Waals surface area contributed by atoms with Gasteiger partial charge in [0.1, 0.15) is 5.75 Å². The summed E-state index contributed by atoms with van der Waals surface area (Å²) in [5.74, 6) is -4.03. The second-order valence-corrected chi connectivity index (χ2v) is 11.1. The summed E-state index contributed by atoms with van der Waals surface area (Å²) in [5, 5.41) is 15.5. The molecule has 2 aliphatic carbocycles. The van der Waals surface area contributed by atoms with Gasteiger partial charge in [-0.2, -0.15) is 0 Å². The molecular formula is C31H26N2O5. The minimum absolute atomic E-state index is 0.0442. The van der Waals surface area contributed by atoms with Crippen molar-refractivity contribution in [2.45, 2.75) is 25.7 Å². The molecule has 38 heavy (non-hydrogen) atoms. The van der Waals surface area contributed by atoms with Gasteiger partial charge in [-0.15, -0.1) is 0 Å². The molecule has 2 N–H and O–H groups in total. The second kappa shape index (κ2) is 7.87. The zero-order chi connectivity index (χ0) is 26.3.